The maximum absolute atomic E-state index is 11.5. The molecule has 0 aliphatic carbocycles. The van der Waals surface area contributed by atoms with Gasteiger partial charge in [0.15, 0.2) is 11.5 Å². The lowest BCUT2D eigenvalue weighted by Gasteiger charge is -2.29. The molecule has 2 heterocycles. The van der Waals surface area contributed by atoms with Gasteiger partial charge in [-0.3, -0.25) is 14.7 Å². The molecule has 0 saturated heterocycles. The number of aliphatic imine (C=N–C) groups is 2. The molecule has 0 fully saturated rings. The van der Waals surface area contributed by atoms with Gasteiger partial charge < -0.3 is 19.8 Å². The van der Waals surface area contributed by atoms with Crippen LogP contribution in [0.4, 0.5) is 0 Å². The molecule has 38 heavy (non-hydrogen) atoms. The second-order valence-electron chi connectivity index (χ2n) is 8.68. The Balaban J connectivity index is 0.000000786. The molecule has 0 saturated carbocycles. The number of methoxy groups -OCH3 is 1. The first-order valence-corrected chi connectivity index (χ1v) is 13.5. The van der Waals surface area contributed by atoms with Crippen LogP contribution in [-0.4, -0.2) is 62.6 Å². The van der Waals surface area contributed by atoms with Crippen molar-refractivity contribution in [1.82, 2.24) is 4.90 Å². The summed E-state index contributed by atoms with van der Waals surface area (Å²) in [4.78, 5) is 20.6. The van der Waals surface area contributed by atoms with Crippen molar-refractivity contribution in [3.05, 3.63) is 83.9 Å². The molecule has 1 unspecified atom stereocenters. The third-order valence-electron chi connectivity index (χ3n) is 5.93. The van der Waals surface area contributed by atoms with E-state index >= 15 is 0 Å². The number of guanidine groups is 1. The summed E-state index contributed by atoms with van der Waals surface area (Å²) >= 11 is 0. The standard InChI is InChI=1S/C25H24N4O4S.C2H4O2/c1-32-22-8-4-6-18(16-22)17-5-3-7-20(15-17)25(23-27-13-14-29(23)24(26)28-25)19-9-11-21(12-10-19)33-34(2,30)31;1-2(3)4/h3-12,15-16H,13-14H2,1-2H3,(H2,26,28);1H3,(H,3,4). The highest BCUT2D eigenvalue weighted by atomic mass is 32.2. The Morgan fingerprint density at radius 3 is 2.26 bits per heavy atom. The second-order valence-corrected chi connectivity index (χ2v) is 10.3. The van der Waals surface area contributed by atoms with Crippen molar-refractivity contribution < 1.29 is 27.2 Å². The summed E-state index contributed by atoms with van der Waals surface area (Å²) in [5, 5.41) is 7.42. The van der Waals surface area contributed by atoms with E-state index in [1.165, 1.54) is 0 Å². The Bertz CT molecular complexity index is 1510. The number of benzene rings is 3. The van der Waals surface area contributed by atoms with Gasteiger partial charge in [-0.05, 0) is 52.6 Å². The van der Waals surface area contributed by atoms with Gasteiger partial charge in [0.1, 0.15) is 17.3 Å². The summed E-state index contributed by atoms with van der Waals surface area (Å²) < 4.78 is 33.5. The zero-order valence-corrected chi connectivity index (χ0v) is 22.0. The fourth-order valence-corrected chi connectivity index (χ4v) is 4.93. The molecule has 2 aliphatic heterocycles. The largest absolute Gasteiger partial charge is 0.497 e. The zero-order valence-electron chi connectivity index (χ0n) is 21.2. The Kier molecular flexibility index (Phi) is 7.40. The summed E-state index contributed by atoms with van der Waals surface area (Å²) in [6, 6.07) is 22.8. The highest BCUT2D eigenvalue weighted by molar-refractivity contribution is 7.86. The topological polar surface area (TPSA) is 144 Å². The molecule has 2 aliphatic rings. The lowest BCUT2D eigenvalue weighted by molar-refractivity contribution is -0.134. The van der Waals surface area contributed by atoms with Crippen LogP contribution >= 0.6 is 0 Å². The second kappa shape index (κ2) is 10.5. The van der Waals surface area contributed by atoms with Gasteiger partial charge in [0.25, 0.3) is 5.97 Å². The lowest BCUT2D eigenvalue weighted by Crippen LogP contribution is -2.41. The van der Waals surface area contributed by atoms with E-state index in [4.69, 9.17) is 34.5 Å². The summed E-state index contributed by atoms with van der Waals surface area (Å²) in [6.45, 7) is 2.37. The first-order valence-electron chi connectivity index (χ1n) is 11.7. The molecular weight excluding hydrogens is 508 g/mol. The fourth-order valence-electron chi connectivity index (χ4n) is 4.47. The Morgan fingerprint density at radius 1 is 1.00 bits per heavy atom. The van der Waals surface area contributed by atoms with Crippen LogP contribution in [0.3, 0.4) is 0 Å². The van der Waals surface area contributed by atoms with Crippen molar-refractivity contribution in [3.8, 4) is 22.6 Å². The number of fused-ring (bicyclic) bond motifs is 1. The van der Waals surface area contributed by atoms with Crippen molar-refractivity contribution in [2.75, 3.05) is 26.5 Å². The summed E-state index contributed by atoms with van der Waals surface area (Å²) in [5.41, 5.74) is 9.10. The molecule has 11 heteroatoms. The van der Waals surface area contributed by atoms with Crippen molar-refractivity contribution in [2.24, 2.45) is 15.7 Å². The van der Waals surface area contributed by atoms with Crippen LogP contribution in [0.2, 0.25) is 0 Å². The van der Waals surface area contributed by atoms with Crippen LogP contribution in [0.1, 0.15) is 18.1 Å². The van der Waals surface area contributed by atoms with Crippen molar-refractivity contribution in [2.45, 2.75) is 12.5 Å². The Morgan fingerprint density at radius 2 is 1.63 bits per heavy atom. The third kappa shape index (κ3) is 5.47. The number of amidine groups is 1. The van der Waals surface area contributed by atoms with Gasteiger partial charge >= 0.3 is 10.1 Å². The number of nitrogens with zero attached hydrogens (tertiary/aromatic N) is 3. The number of rotatable bonds is 6. The smallest absolute Gasteiger partial charge is 0.306 e. The van der Waals surface area contributed by atoms with Gasteiger partial charge in [0, 0.05) is 13.5 Å². The minimum atomic E-state index is -3.63. The highest BCUT2D eigenvalue weighted by Crippen LogP contribution is 2.43. The first kappa shape index (κ1) is 26.7. The summed E-state index contributed by atoms with van der Waals surface area (Å²) in [7, 11) is -1.99. The first-order chi connectivity index (χ1) is 18.0. The van der Waals surface area contributed by atoms with E-state index < -0.39 is 21.6 Å². The van der Waals surface area contributed by atoms with Crippen LogP contribution in [0.5, 0.6) is 11.5 Å². The molecule has 3 aromatic rings. The van der Waals surface area contributed by atoms with Crippen LogP contribution in [0.15, 0.2) is 82.8 Å². The molecule has 3 N–H and O–H groups in total. The van der Waals surface area contributed by atoms with Crippen LogP contribution < -0.4 is 14.7 Å². The SMILES string of the molecule is CC(=O)O.COc1cccc(-c2cccc(C3(c4ccc(OS(C)(=O)=O)cc4)N=C(N)N4CCN=C43)c2)c1. The number of hydrogen-bond donors (Lipinski definition) is 2. The molecule has 3 aromatic carbocycles. The molecule has 198 valence electrons. The average molecular weight is 537 g/mol. The number of carboxylic acids is 1. The average Bonchev–Trinajstić information content (AvgIpc) is 3.47. The summed E-state index contributed by atoms with van der Waals surface area (Å²) in [5.74, 6) is 1.32. The van der Waals surface area contributed by atoms with Gasteiger partial charge in [0.2, 0.25) is 0 Å². The number of aliphatic carboxylic acids is 1. The van der Waals surface area contributed by atoms with Gasteiger partial charge in [-0.1, -0.05) is 42.5 Å². The Labute approximate surface area is 221 Å². The minimum absolute atomic E-state index is 0.228. The van der Waals surface area contributed by atoms with Gasteiger partial charge in [-0.25, -0.2) is 4.99 Å². The van der Waals surface area contributed by atoms with Crippen LogP contribution in [0.25, 0.3) is 11.1 Å². The van der Waals surface area contributed by atoms with Gasteiger partial charge in [-0.2, -0.15) is 8.42 Å². The fraction of sp³-hybridized carbons (Fsp3) is 0.222. The van der Waals surface area contributed by atoms with Gasteiger partial charge in [-0.15, -0.1) is 0 Å². The van der Waals surface area contributed by atoms with Crippen LogP contribution in [-0.2, 0) is 20.5 Å². The minimum Gasteiger partial charge on any atom is -0.497 e. The Hall–Kier alpha value is -4.38. The molecule has 0 radical (unpaired) electrons. The maximum Gasteiger partial charge on any atom is 0.306 e. The van der Waals surface area contributed by atoms with E-state index in [1.54, 1.807) is 31.4 Å². The van der Waals surface area contributed by atoms with E-state index in [1.807, 2.05) is 47.4 Å². The number of hydrogen-bond acceptors (Lipinski definition) is 9. The van der Waals surface area contributed by atoms with Crippen molar-refractivity contribution in [3.63, 3.8) is 0 Å². The van der Waals surface area contributed by atoms with E-state index in [-0.39, 0.29) is 5.75 Å². The third-order valence-corrected chi connectivity index (χ3v) is 6.42. The number of nitrogens with two attached hydrogens (primary N) is 1. The monoisotopic (exact) mass is 536 g/mol. The lowest BCUT2D eigenvalue weighted by atomic mass is 9.81. The molecule has 0 spiro atoms. The number of carboxylic acid groups (broad SMARTS) is 1. The van der Waals surface area contributed by atoms with Gasteiger partial charge in [0.05, 0.1) is 19.9 Å². The quantitative estimate of drug-likeness (QED) is 0.458. The van der Waals surface area contributed by atoms with E-state index in [9.17, 15) is 8.42 Å². The van der Waals surface area contributed by atoms with Crippen molar-refractivity contribution in [1.29, 1.82) is 0 Å². The molecule has 5 rings (SSSR count). The van der Waals surface area contributed by atoms with E-state index in [0.717, 1.165) is 47.0 Å². The van der Waals surface area contributed by atoms with Crippen molar-refractivity contribution >= 4 is 27.9 Å². The number of ether oxygens (including phenoxy) is 1. The molecule has 10 nitrogen and oxygen atoms in total. The highest BCUT2D eigenvalue weighted by Gasteiger charge is 2.50. The predicted octanol–water partition coefficient (Wildman–Crippen LogP) is 3.08. The summed E-state index contributed by atoms with van der Waals surface area (Å²) in [6.07, 6.45) is 1.01. The molecule has 0 bridgehead atoms. The van der Waals surface area contributed by atoms with Crippen LogP contribution in [0, 0.1) is 0 Å². The predicted molar refractivity (Wildman–Crippen MR) is 145 cm³/mol. The normalized spacial score (nSPS) is 18.0. The number of carbonyl (C=O) groups is 1. The van der Waals surface area contributed by atoms with E-state index in [2.05, 4.69) is 6.07 Å². The maximum atomic E-state index is 11.5. The molecule has 0 aromatic heterocycles. The zero-order chi connectivity index (χ0) is 27.5. The van der Waals surface area contributed by atoms with E-state index in [0.29, 0.717) is 19.0 Å². The molecule has 1 atom stereocenters. The molecule has 0 amide bonds. The molecular formula is C27H28N4O6S.